The average molecular weight is 391 g/mol. The van der Waals surface area contributed by atoms with Crippen molar-refractivity contribution in [1.82, 2.24) is 14.3 Å². The van der Waals surface area contributed by atoms with E-state index < -0.39 is 0 Å². The van der Waals surface area contributed by atoms with Crippen LogP contribution in [-0.2, 0) is 17.7 Å². The van der Waals surface area contributed by atoms with Crippen LogP contribution in [0.25, 0.3) is 22.0 Å². The maximum atomic E-state index is 6.55. The van der Waals surface area contributed by atoms with Gasteiger partial charge in [0.2, 0.25) is 0 Å². The highest BCUT2D eigenvalue weighted by Gasteiger charge is 2.29. The smallest absolute Gasteiger partial charge is 0.150 e. The highest BCUT2D eigenvalue weighted by Crippen LogP contribution is 2.43. The van der Waals surface area contributed by atoms with Crippen LogP contribution in [0.5, 0.6) is 0 Å². The Morgan fingerprint density at radius 2 is 2.12 bits per heavy atom. The molecule has 26 heavy (non-hydrogen) atoms. The summed E-state index contributed by atoms with van der Waals surface area (Å²) in [6, 6.07) is 4.00. The number of nitrogens with zero attached hydrogens (tertiary/aromatic N) is 3. The molecule has 2 aromatic heterocycles. The van der Waals surface area contributed by atoms with Gasteiger partial charge in [-0.15, -0.1) is 0 Å². The van der Waals surface area contributed by atoms with Crippen molar-refractivity contribution < 1.29 is 4.74 Å². The summed E-state index contributed by atoms with van der Waals surface area (Å²) < 4.78 is 10.0. The monoisotopic (exact) mass is 390 g/mol. The highest BCUT2D eigenvalue weighted by molar-refractivity contribution is 6.45. The molecule has 1 aromatic carbocycles. The van der Waals surface area contributed by atoms with Crippen LogP contribution < -0.4 is 5.73 Å². The minimum Gasteiger partial charge on any atom is -0.357 e. The van der Waals surface area contributed by atoms with Gasteiger partial charge < -0.3 is 15.0 Å². The molecule has 0 spiro atoms. The van der Waals surface area contributed by atoms with Crippen molar-refractivity contribution in [2.45, 2.75) is 44.5 Å². The van der Waals surface area contributed by atoms with Crippen molar-refractivity contribution in [2.75, 3.05) is 6.61 Å². The van der Waals surface area contributed by atoms with E-state index in [1.165, 1.54) is 12.1 Å². The first-order chi connectivity index (χ1) is 12.6. The van der Waals surface area contributed by atoms with E-state index in [4.69, 9.17) is 33.7 Å². The molecule has 2 aliphatic heterocycles. The molecule has 7 heteroatoms. The Balaban J connectivity index is 1.67. The minimum atomic E-state index is 0.0275. The van der Waals surface area contributed by atoms with E-state index in [0.29, 0.717) is 10.0 Å². The first-order valence-electron chi connectivity index (χ1n) is 9.04. The van der Waals surface area contributed by atoms with E-state index in [9.17, 15) is 0 Å². The molecule has 2 unspecified atom stereocenters. The van der Waals surface area contributed by atoms with Crippen LogP contribution in [0.3, 0.4) is 0 Å². The number of fused-ring (bicyclic) bond motifs is 3. The Morgan fingerprint density at radius 3 is 2.92 bits per heavy atom. The minimum absolute atomic E-state index is 0.0275. The summed E-state index contributed by atoms with van der Waals surface area (Å²) in [6.07, 6.45) is 8.15. The molecule has 5 nitrogen and oxygen atoms in total. The van der Waals surface area contributed by atoms with Crippen molar-refractivity contribution in [3.63, 3.8) is 0 Å². The van der Waals surface area contributed by atoms with Crippen molar-refractivity contribution in [1.29, 1.82) is 0 Å². The zero-order valence-corrected chi connectivity index (χ0v) is 15.8. The lowest BCUT2D eigenvalue weighted by Crippen LogP contribution is -2.20. The Morgan fingerprint density at radius 1 is 1.23 bits per heavy atom. The lowest BCUT2D eigenvalue weighted by molar-refractivity contribution is -0.0394. The predicted octanol–water partition coefficient (Wildman–Crippen LogP) is 4.39. The Bertz CT molecular complexity index is 987. The summed E-state index contributed by atoms with van der Waals surface area (Å²) in [5.41, 5.74) is 10.7. The van der Waals surface area contributed by atoms with Crippen LogP contribution in [0.2, 0.25) is 10.0 Å². The molecule has 0 radical (unpaired) electrons. The van der Waals surface area contributed by atoms with Crippen molar-refractivity contribution in [3.8, 4) is 11.1 Å². The Hall–Kier alpha value is -1.53. The molecule has 136 valence electrons. The fraction of sp³-hybridized carbons (Fsp3) is 0.421. The van der Waals surface area contributed by atoms with Gasteiger partial charge in [0.25, 0.3) is 0 Å². The number of benzene rings is 1. The highest BCUT2D eigenvalue weighted by atomic mass is 35.5. The van der Waals surface area contributed by atoms with E-state index in [1.54, 1.807) is 0 Å². The van der Waals surface area contributed by atoms with E-state index in [-0.39, 0.29) is 12.3 Å². The lowest BCUT2D eigenvalue weighted by Gasteiger charge is -2.22. The van der Waals surface area contributed by atoms with E-state index in [1.807, 2.05) is 23.0 Å². The van der Waals surface area contributed by atoms with Crippen molar-refractivity contribution in [3.05, 3.63) is 40.3 Å². The summed E-state index contributed by atoms with van der Waals surface area (Å²) >= 11 is 12.8. The first kappa shape index (κ1) is 16.6. The van der Waals surface area contributed by atoms with E-state index in [2.05, 4.69) is 15.9 Å². The van der Waals surface area contributed by atoms with Gasteiger partial charge in [0, 0.05) is 54.0 Å². The van der Waals surface area contributed by atoms with Crippen LogP contribution in [0.1, 0.15) is 31.2 Å². The molecular formula is C19H20Cl2N4O. The third-order valence-corrected chi connectivity index (χ3v) is 6.23. The maximum Gasteiger partial charge on any atom is 0.150 e. The molecule has 1 fully saturated rings. The standard InChI is InChI=1S/C19H20Cl2N4O/c20-14-5-4-13-17(15-7-12(22)10-24(15)19(13)18(14)21)11-8-23-25(9-11)16-3-1-2-6-26-16/h4-5,8-9,12,16H,1-3,6-7,10,22H2. The first-order valence-corrected chi connectivity index (χ1v) is 9.80. The van der Waals surface area contributed by atoms with Gasteiger partial charge in [0.1, 0.15) is 6.23 Å². The molecule has 2 atom stereocenters. The van der Waals surface area contributed by atoms with Crippen LogP contribution >= 0.6 is 23.2 Å². The predicted molar refractivity (Wildman–Crippen MR) is 104 cm³/mol. The molecule has 0 bridgehead atoms. The fourth-order valence-corrected chi connectivity index (χ4v) is 4.69. The van der Waals surface area contributed by atoms with E-state index >= 15 is 0 Å². The number of nitrogens with two attached hydrogens (primary N) is 1. The van der Waals surface area contributed by atoms with Crippen LogP contribution in [0.15, 0.2) is 24.5 Å². The summed E-state index contributed by atoms with van der Waals surface area (Å²) in [6.45, 7) is 1.55. The zero-order valence-electron chi connectivity index (χ0n) is 14.3. The van der Waals surface area contributed by atoms with Gasteiger partial charge in [-0.2, -0.15) is 5.10 Å². The van der Waals surface area contributed by atoms with Crippen LogP contribution in [0, 0.1) is 0 Å². The van der Waals surface area contributed by atoms with Crippen molar-refractivity contribution >= 4 is 34.1 Å². The SMILES string of the molecule is NC1Cc2c(-c3cnn(C4CCCCO4)c3)c3ccc(Cl)c(Cl)c3n2C1. The molecular weight excluding hydrogens is 371 g/mol. The van der Waals surface area contributed by atoms with Gasteiger partial charge in [0.15, 0.2) is 0 Å². The molecule has 2 aliphatic rings. The molecule has 5 rings (SSSR count). The third-order valence-electron chi connectivity index (χ3n) is 5.44. The number of hydrogen-bond donors (Lipinski definition) is 1. The number of rotatable bonds is 2. The molecule has 1 saturated heterocycles. The second-order valence-corrected chi connectivity index (χ2v) is 7.97. The summed E-state index contributed by atoms with van der Waals surface area (Å²) in [4.78, 5) is 0. The zero-order chi connectivity index (χ0) is 17.8. The second-order valence-electron chi connectivity index (χ2n) is 7.18. The Kier molecular flexibility index (Phi) is 4.01. The average Bonchev–Trinajstić information content (AvgIpc) is 3.32. The van der Waals surface area contributed by atoms with Gasteiger partial charge >= 0.3 is 0 Å². The quantitative estimate of drug-likeness (QED) is 0.705. The Labute approximate surface area is 161 Å². The van der Waals surface area contributed by atoms with Gasteiger partial charge in [-0.1, -0.05) is 29.3 Å². The lowest BCUT2D eigenvalue weighted by atomic mass is 10.0. The van der Waals surface area contributed by atoms with Crippen molar-refractivity contribution in [2.24, 2.45) is 5.73 Å². The number of hydrogen-bond acceptors (Lipinski definition) is 3. The molecule has 3 aromatic rings. The normalized spacial score (nSPS) is 22.9. The molecule has 2 N–H and O–H groups in total. The van der Waals surface area contributed by atoms with Crippen LogP contribution in [-0.4, -0.2) is 27.0 Å². The molecule has 0 aliphatic carbocycles. The van der Waals surface area contributed by atoms with Gasteiger partial charge in [0.05, 0.1) is 21.8 Å². The number of halogens is 2. The maximum absolute atomic E-state index is 6.55. The molecule has 0 amide bonds. The largest absolute Gasteiger partial charge is 0.357 e. The number of aromatic nitrogens is 3. The van der Waals surface area contributed by atoms with Gasteiger partial charge in [-0.3, -0.25) is 0 Å². The third kappa shape index (κ3) is 2.49. The summed E-state index contributed by atoms with van der Waals surface area (Å²) in [7, 11) is 0. The topological polar surface area (TPSA) is 58.0 Å². The molecule has 0 saturated carbocycles. The summed E-state index contributed by atoms with van der Waals surface area (Å²) in [5.74, 6) is 0. The fourth-order valence-electron chi connectivity index (χ4n) is 4.27. The second kappa shape index (κ2) is 6.27. The van der Waals surface area contributed by atoms with Crippen LogP contribution in [0.4, 0.5) is 0 Å². The molecule has 4 heterocycles. The summed E-state index contributed by atoms with van der Waals surface area (Å²) in [5, 5.41) is 6.84. The van der Waals surface area contributed by atoms with Gasteiger partial charge in [-0.05, 0) is 25.3 Å². The van der Waals surface area contributed by atoms with Gasteiger partial charge in [-0.25, -0.2) is 4.68 Å². The van der Waals surface area contributed by atoms with E-state index in [0.717, 1.165) is 54.4 Å². The number of ether oxygens (including phenoxy) is 1.